The molecule has 2 rings (SSSR count). The number of thiazole rings is 1. The van der Waals surface area contributed by atoms with Gasteiger partial charge in [-0.1, -0.05) is 11.6 Å². The Hall–Kier alpha value is -1.46. The van der Waals surface area contributed by atoms with Gasteiger partial charge in [-0.3, -0.25) is 4.98 Å². The van der Waals surface area contributed by atoms with Crippen LogP contribution in [0.2, 0.25) is 5.02 Å². The highest BCUT2D eigenvalue weighted by atomic mass is 35.5. The fourth-order valence-corrected chi connectivity index (χ4v) is 2.14. The minimum atomic E-state index is -1.04. The van der Waals surface area contributed by atoms with Crippen molar-refractivity contribution in [2.75, 3.05) is 0 Å². The lowest BCUT2D eigenvalue weighted by molar-refractivity contribution is 0.0691. The molecule has 0 saturated heterocycles. The van der Waals surface area contributed by atoms with Gasteiger partial charge in [-0.25, -0.2) is 9.78 Å². The van der Waals surface area contributed by atoms with Gasteiger partial charge in [0.1, 0.15) is 5.01 Å². The third-order valence-electron chi connectivity index (χ3n) is 1.73. The molecule has 2 aromatic rings. The number of hydrogen-bond donors (Lipinski definition) is 1. The van der Waals surface area contributed by atoms with Gasteiger partial charge in [0.15, 0.2) is 5.69 Å². The van der Waals surface area contributed by atoms with Gasteiger partial charge in [-0.15, -0.1) is 11.3 Å². The van der Waals surface area contributed by atoms with Crippen LogP contribution in [0.5, 0.6) is 0 Å². The molecule has 0 aliphatic carbocycles. The highest BCUT2D eigenvalue weighted by Gasteiger charge is 2.11. The highest BCUT2D eigenvalue weighted by Crippen LogP contribution is 2.29. The fourth-order valence-electron chi connectivity index (χ4n) is 1.04. The van der Waals surface area contributed by atoms with E-state index in [1.165, 1.54) is 22.9 Å². The Bertz CT molecular complexity index is 512. The molecule has 4 nitrogen and oxygen atoms in total. The van der Waals surface area contributed by atoms with Crippen LogP contribution in [0.15, 0.2) is 23.8 Å². The number of hydrogen-bond acceptors (Lipinski definition) is 4. The second kappa shape index (κ2) is 3.96. The molecule has 0 unspecified atom stereocenters. The summed E-state index contributed by atoms with van der Waals surface area (Å²) in [4.78, 5) is 18.4. The van der Waals surface area contributed by atoms with Gasteiger partial charge in [0.25, 0.3) is 0 Å². The van der Waals surface area contributed by atoms with E-state index in [4.69, 9.17) is 16.7 Å². The van der Waals surface area contributed by atoms with Gasteiger partial charge < -0.3 is 5.11 Å². The average molecular weight is 241 g/mol. The number of pyridine rings is 1. The lowest BCUT2D eigenvalue weighted by atomic mass is 10.3. The molecule has 0 atom stereocenters. The number of carboxylic acids is 1. The normalized spacial score (nSPS) is 10.2. The molecule has 0 spiro atoms. The molecule has 0 radical (unpaired) electrons. The first-order valence-electron chi connectivity index (χ1n) is 3.97. The minimum Gasteiger partial charge on any atom is -0.476 e. The van der Waals surface area contributed by atoms with E-state index in [0.29, 0.717) is 15.6 Å². The van der Waals surface area contributed by atoms with Crippen molar-refractivity contribution in [2.45, 2.75) is 0 Å². The van der Waals surface area contributed by atoms with E-state index in [-0.39, 0.29) is 5.69 Å². The molecule has 0 aromatic carbocycles. The van der Waals surface area contributed by atoms with Gasteiger partial charge >= 0.3 is 5.97 Å². The monoisotopic (exact) mass is 240 g/mol. The maximum absolute atomic E-state index is 10.6. The Kier molecular flexibility index (Phi) is 2.66. The average Bonchev–Trinajstić information content (AvgIpc) is 2.67. The largest absolute Gasteiger partial charge is 0.476 e. The predicted molar refractivity (Wildman–Crippen MR) is 57.3 cm³/mol. The lowest BCUT2D eigenvalue weighted by Crippen LogP contribution is -1.95. The summed E-state index contributed by atoms with van der Waals surface area (Å²) in [6.45, 7) is 0. The summed E-state index contributed by atoms with van der Waals surface area (Å²) >= 11 is 7.15. The summed E-state index contributed by atoms with van der Waals surface area (Å²) in [5.41, 5.74) is 0.729. The van der Waals surface area contributed by atoms with Gasteiger partial charge in [0.2, 0.25) is 0 Å². The van der Waals surface area contributed by atoms with Gasteiger partial charge in [0.05, 0.1) is 5.02 Å². The van der Waals surface area contributed by atoms with Crippen LogP contribution >= 0.6 is 22.9 Å². The van der Waals surface area contributed by atoms with E-state index in [1.807, 2.05) is 0 Å². The molecule has 2 heterocycles. The fraction of sp³-hybridized carbons (Fsp3) is 0. The quantitative estimate of drug-likeness (QED) is 0.876. The highest BCUT2D eigenvalue weighted by molar-refractivity contribution is 7.13. The summed E-state index contributed by atoms with van der Waals surface area (Å²) in [5, 5.41) is 11.2. The van der Waals surface area contributed by atoms with Crippen LogP contribution in [-0.4, -0.2) is 21.0 Å². The standard InChI is InChI=1S/C9H5ClN2O2S/c10-6-3-11-2-1-5(6)8-12-7(4-15-8)9(13)14/h1-4H,(H,13,14). The van der Waals surface area contributed by atoms with E-state index in [9.17, 15) is 4.79 Å². The zero-order valence-corrected chi connectivity index (χ0v) is 8.92. The number of halogens is 1. The molecule has 1 N–H and O–H groups in total. The van der Waals surface area contributed by atoms with E-state index < -0.39 is 5.97 Å². The third-order valence-corrected chi connectivity index (χ3v) is 2.90. The first kappa shape index (κ1) is 10.1. The summed E-state index contributed by atoms with van der Waals surface area (Å²) < 4.78 is 0. The van der Waals surface area contributed by atoms with Crippen LogP contribution in [0.4, 0.5) is 0 Å². The smallest absolute Gasteiger partial charge is 0.355 e. The van der Waals surface area contributed by atoms with E-state index >= 15 is 0 Å². The molecular weight excluding hydrogens is 236 g/mol. The van der Waals surface area contributed by atoms with Crippen molar-refractivity contribution >= 4 is 28.9 Å². The Labute approximate surface area is 94.2 Å². The van der Waals surface area contributed by atoms with Crippen LogP contribution in [0.25, 0.3) is 10.6 Å². The van der Waals surface area contributed by atoms with Crippen molar-refractivity contribution in [3.05, 3.63) is 34.6 Å². The summed E-state index contributed by atoms with van der Waals surface area (Å²) in [5.74, 6) is -1.04. The Morgan fingerprint density at radius 1 is 1.53 bits per heavy atom. The lowest BCUT2D eigenvalue weighted by Gasteiger charge is -1.97. The molecule has 0 aliphatic rings. The molecular formula is C9H5ClN2O2S. The van der Waals surface area contributed by atoms with Crippen molar-refractivity contribution in [3.8, 4) is 10.6 Å². The van der Waals surface area contributed by atoms with Gasteiger partial charge in [-0.2, -0.15) is 0 Å². The molecule has 76 valence electrons. The van der Waals surface area contributed by atoms with Crippen molar-refractivity contribution < 1.29 is 9.90 Å². The molecule has 0 amide bonds. The number of aromatic nitrogens is 2. The number of carbonyl (C=O) groups is 1. The number of carboxylic acid groups (broad SMARTS) is 1. The Morgan fingerprint density at radius 2 is 2.33 bits per heavy atom. The van der Waals surface area contributed by atoms with Crippen molar-refractivity contribution in [1.82, 2.24) is 9.97 Å². The van der Waals surface area contributed by atoms with Crippen LogP contribution < -0.4 is 0 Å². The zero-order valence-electron chi connectivity index (χ0n) is 7.35. The van der Waals surface area contributed by atoms with Crippen LogP contribution in [0, 0.1) is 0 Å². The summed E-state index contributed by atoms with van der Waals surface area (Å²) in [7, 11) is 0. The topological polar surface area (TPSA) is 63.1 Å². The van der Waals surface area contributed by atoms with Crippen LogP contribution in [-0.2, 0) is 0 Å². The van der Waals surface area contributed by atoms with Crippen LogP contribution in [0.1, 0.15) is 10.5 Å². The minimum absolute atomic E-state index is 0.0304. The van der Waals surface area contributed by atoms with Crippen molar-refractivity contribution in [3.63, 3.8) is 0 Å². The zero-order chi connectivity index (χ0) is 10.8. The molecule has 0 bridgehead atoms. The molecule has 0 saturated carbocycles. The molecule has 0 fully saturated rings. The molecule has 15 heavy (non-hydrogen) atoms. The van der Waals surface area contributed by atoms with Gasteiger partial charge in [-0.05, 0) is 6.07 Å². The maximum atomic E-state index is 10.6. The first-order chi connectivity index (χ1) is 7.18. The third kappa shape index (κ3) is 1.98. The van der Waals surface area contributed by atoms with E-state index in [0.717, 1.165) is 0 Å². The number of rotatable bonds is 2. The Balaban J connectivity index is 2.46. The van der Waals surface area contributed by atoms with E-state index in [1.54, 1.807) is 12.3 Å². The molecule has 2 aromatic heterocycles. The van der Waals surface area contributed by atoms with Crippen molar-refractivity contribution in [1.29, 1.82) is 0 Å². The molecule has 0 aliphatic heterocycles. The van der Waals surface area contributed by atoms with Crippen LogP contribution in [0.3, 0.4) is 0 Å². The second-order valence-electron chi connectivity index (χ2n) is 2.70. The predicted octanol–water partition coefficient (Wildman–Crippen LogP) is 2.56. The summed E-state index contributed by atoms with van der Waals surface area (Å²) in [6.07, 6.45) is 3.09. The van der Waals surface area contributed by atoms with E-state index in [2.05, 4.69) is 9.97 Å². The maximum Gasteiger partial charge on any atom is 0.355 e. The van der Waals surface area contributed by atoms with Gasteiger partial charge in [0, 0.05) is 23.3 Å². The first-order valence-corrected chi connectivity index (χ1v) is 5.23. The second-order valence-corrected chi connectivity index (χ2v) is 3.96. The SMILES string of the molecule is O=C(O)c1csc(-c2ccncc2Cl)n1. The Morgan fingerprint density at radius 3 is 2.93 bits per heavy atom. The number of nitrogens with zero attached hydrogens (tertiary/aromatic N) is 2. The van der Waals surface area contributed by atoms with Crippen molar-refractivity contribution in [2.24, 2.45) is 0 Å². The molecule has 6 heteroatoms. The number of aromatic carboxylic acids is 1. The summed E-state index contributed by atoms with van der Waals surface area (Å²) in [6, 6.07) is 1.70.